The summed E-state index contributed by atoms with van der Waals surface area (Å²) in [5.74, 6) is 0.323. The van der Waals surface area contributed by atoms with E-state index in [1.807, 2.05) is 65.0 Å². The van der Waals surface area contributed by atoms with Gasteiger partial charge >= 0.3 is 0 Å². The van der Waals surface area contributed by atoms with E-state index in [0.29, 0.717) is 20.4 Å². The van der Waals surface area contributed by atoms with Crippen LogP contribution >= 0.6 is 56.8 Å². The van der Waals surface area contributed by atoms with Gasteiger partial charge in [0.05, 0.1) is 17.7 Å². The molecule has 0 unspecified atom stereocenters. The lowest BCUT2D eigenvalue weighted by Gasteiger charge is -2.02. The van der Waals surface area contributed by atoms with Gasteiger partial charge in [-0.2, -0.15) is 0 Å². The molecule has 0 aliphatic heterocycles. The second kappa shape index (κ2) is 10.8. The maximum absolute atomic E-state index is 10.3. The van der Waals surface area contributed by atoms with Crippen molar-refractivity contribution in [2.75, 3.05) is 0 Å². The third-order valence-electron chi connectivity index (χ3n) is 2.40. The molecule has 0 heterocycles. The van der Waals surface area contributed by atoms with Gasteiger partial charge in [0.1, 0.15) is 18.3 Å². The highest BCUT2D eigenvalue weighted by molar-refractivity contribution is 14.1. The molecule has 0 spiro atoms. The van der Waals surface area contributed by atoms with Gasteiger partial charge in [-0.15, -0.1) is 0 Å². The monoisotopic (exact) mass is 546 g/mol. The third kappa shape index (κ3) is 6.09. The first-order valence-corrected chi connectivity index (χ1v) is 8.27. The van der Waals surface area contributed by atoms with Gasteiger partial charge in [-0.1, -0.05) is 23.7 Å². The number of aldehydes is 1. The highest BCUT2D eigenvalue weighted by Crippen LogP contribution is 2.26. The zero-order valence-electron chi connectivity index (χ0n) is 11.5. The first-order valence-electron chi connectivity index (χ1n) is 5.73. The van der Waals surface area contributed by atoms with E-state index in [-0.39, 0.29) is 11.5 Å². The van der Waals surface area contributed by atoms with E-state index in [0.717, 1.165) is 9.13 Å². The molecule has 0 aromatic heterocycles. The number of aryl methyl sites for hydroxylation is 1. The summed E-state index contributed by atoms with van der Waals surface area (Å²) in [7, 11) is 0. The summed E-state index contributed by atoms with van der Waals surface area (Å²) >= 11 is 9.64. The van der Waals surface area contributed by atoms with E-state index in [2.05, 4.69) is 0 Å². The van der Waals surface area contributed by atoms with Crippen LogP contribution in [0.2, 0.25) is 5.02 Å². The number of halogens is 3. The number of hydrogen-bond donors (Lipinski definition) is 2. The standard InChI is InChI=1S/C8H7IO2.C6H4ClIO.CH2O/c1-5-2-3-6(4-10)8(11)7(5)9;7-4-2-1-3-5(9)6(4)8;1-2/h2-4,11H,1H3;1-3,9H;1H2. The number of aromatic hydroxyl groups is 2. The molecule has 0 saturated heterocycles. The Morgan fingerprint density at radius 2 is 1.68 bits per heavy atom. The lowest BCUT2D eigenvalue weighted by Crippen LogP contribution is -1.87. The van der Waals surface area contributed by atoms with Gasteiger partial charge in [0.15, 0.2) is 6.29 Å². The fraction of sp³-hybridized carbons (Fsp3) is 0.0667. The van der Waals surface area contributed by atoms with Crippen molar-refractivity contribution in [1.29, 1.82) is 0 Å². The van der Waals surface area contributed by atoms with Gasteiger partial charge < -0.3 is 15.0 Å². The molecule has 7 heteroatoms. The smallest absolute Gasteiger partial charge is 0.153 e. The molecule has 2 N–H and O–H groups in total. The largest absolute Gasteiger partial charge is 0.507 e. The van der Waals surface area contributed by atoms with Gasteiger partial charge in [0.2, 0.25) is 0 Å². The SMILES string of the molecule is C=O.Cc1ccc(C=O)c(O)c1I.Oc1cccc(Cl)c1I. The van der Waals surface area contributed by atoms with Crippen LogP contribution in [0, 0.1) is 14.1 Å². The number of carbonyl (C=O) groups excluding carboxylic acids is 2. The molecule has 0 amide bonds. The topological polar surface area (TPSA) is 74.6 Å². The van der Waals surface area contributed by atoms with E-state index in [9.17, 15) is 9.90 Å². The van der Waals surface area contributed by atoms with Crippen LogP contribution in [-0.2, 0) is 4.79 Å². The first kappa shape index (κ1) is 21.1. The molecule has 0 fully saturated rings. The molecular formula is C15H13ClI2O4. The minimum absolute atomic E-state index is 0.0839. The Morgan fingerprint density at radius 3 is 2.14 bits per heavy atom. The van der Waals surface area contributed by atoms with Crippen molar-refractivity contribution in [3.63, 3.8) is 0 Å². The van der Waals surface area contributed by atoms with Crippen molar-refractivity contribution in [3.8, 4) is 11.5 Å². The minimum atomic E-state index is 0.0839. The van der Waals surface area contributed by atoms with Gasteiger partial charge in [-0.25, -0.2) is 0 Å². The molecule has 0 radical (unpaired) electrons. The number of phenols is 2. The molecular weight excluding hydrogens is 533 g/mol. The Bertz CT molecular complexity index is 627. The number of carbonyl (C=O) groups is 2. The van der Waals surface area contributed by atoms with Crippen LogP contribution in [-0.4, -0.2) is 23.3 Å². The average molecular weight is 547 g/mol. The number of benzene rings is 2. The van der Waals surface area contributed by atoms with E-state index in [4.69, 9.17) is 21.5 Å². The van der Waals surface area contributed by atoms with Crippen molar-refractivity contribution < 1.29 is 19.8 Å². The van der Waals surface area contributed by atoms with Gasteiger partial charge in [0.25, 0.3) is 0 Å². The maximum Gasteiger partial charge on any atom is 0.153 e. The van der Waals surface area contributed by atoms with Gasteiger partial charge in [-0.3, -0.25) is 4.79 Å². The van der Waals surface area contributed by atoms with Crippen LogP contribution in [0.3, 0.4) is 0 Å². The predicted molar refractivity (Wildman–Crippen MR) is 104 cm³/mol. The molecule has 22 heavy (non-hydrogen) atoms. The van der Waals surface area contributed by atoms with E-state index < -0.39 is 0 Å². The molecule has 0 saturated carbocycles. The highest BCUT2D eigenvalue weighted by Gasteiger charge is 2.05. The Hall–Kier alpha value is -0.870. The lowest BCUT2D eigenvalue weighted by molar-refractivity contribution is -0.0980. The van der Waals surface area contributed by atoms with Crippen molar-refractivity contribution in [3.05, 3.63) is 53.6 Å². The zero-order valence-corrected chi connectivity index (χ0v) is 16.6. The van der Waals surface area contributed by atoms with Crippen molar-refractivity contribution in [2.45, 2.75) is 6.92 Å². The summed E-state index contributed by atoms with van der Waals surface area (Å²) in [5, 5.41) is 18.9. The second-order valence-electron chi connectivity index (χ2n) is 3.83. The van der Waals surface area contributed by atoms with Crippen LogP contribution in [0.15, 0.2) is 30.3 Å². The Morgan fingerprint density at radius 1 is 1.09 bits per heavy atom. The van der Waals surface area contributed by atoms with Crippen LogP contribution < -0.4 is 0 Å². The normalized spacial score (nSPS) is 8.91. The van der Waals surface area contributed by atoms with E-state index in [1.54, 1.807) is 24.3 Å². The van der Waals surface area contributed by atoms with Gasteiger partial charge in [-0.05, 0) is 75.9 Å². The van der Waals surface area contributed by atoms with E-state index in [1.165, 1.54) is 0 Å². The molecule has 2 aromatic carbocycles. The van der Waals surface area contributed by atoms with Crippen molar-refractivity contribution in [1.82, 2.24) is 0 Å². The molecule has 4 nitrogen and oxygen atoms in total. The Kier molecular flexibility index (Phi) is 10.4. The molecule has 0 bridgehead atoms. The highest BCUT2D eigenvalue weighted by atomic mass is 127. The molecule has 0 atom stereocenters. The lowest BCUT2D eigenvalue weighted by atomic mass is 10.1. The first-order chi connectivity index (χ1) is 10.4. The minimum Gasteiger partial charge on any atom is -0.507 e. The third-order valence-corrected chi connectivity index (χ3v) is 5.53. The second-order valence-corrected chi connectivity index (χ2v) is 6.39. The number of rotatable bonds is 1. The summed E-state index contributed by atoms with van der Waals surface area (Å²) in [4.78, 5) is 18.3. The van der Waals surface area contributed by atoms with E-state index >= 15 is 0 Å². The zero-order chi connectivity index (χ0) is 17.3. The van der Waals surface area contributed by atoms with Crippen molar-refractivity contribution in [2.24, 2.45) is 0 Å². The predicted octanol–water partition coefficient (Wildman–Crippen LogP) is 4.58. The summed E-state index contributed by atoms with van der Waals surface area (Å²) in [6, 6.07) is 8.47. The Labute approximate surface area is 160 Å². The summed E-state index contributed by atoms with van der Waals surface area (Å²) < 4.78 is 1.45. The summed E-state index contributed by atoms with van der Waals surface area (Å²) in [5.41, 5.74) is 1.33. The molecule has 0 aliphatic carbocycles. The fourth-order valence-electron chi connectivity index (χ4n) is 1.27. The molecule has 2 aromatic rings. The molecule has 118 valence electrons. The average Bonchev–Trinajstić information content (AvgIpc) is 2.53. The van der Waals surface area contributed by atoms with Crippen LogP contribution in [0.25, 0.3) is 0 Å². The molecule has 0 aliphatic rings. The van der Waals surface area contributed by atoms with Crippen LogP contribution in [0.4, 0.5) is 0 Å². The van der Waals surface area contributed by atoms with Crippen LogP contribution in [0.1, 0.15) is 15.9 Å². The number of hydrogen-bond acceptors (Lipinski definition) is 4. The van der Waals surface area contributed by atoms with Gasteiger partial charge in [0, 0.05) is 0 Å². The summed E-state index contributed by atoms with van der Waals surface area (Å²) in [6.07, 6.45) is 0.650. The maximum atomic E-state index is 10.3. The molecule has 2 rings (SSSR count). The quantitative estimate of drug-likeness (QED) is 0.406. The van der Waals surface area contributed by atoms with Crippen molar-refractivity contribution >= 4 is 69.9 Å². The summed E-state index contributed by atoms with van der Waals surface area (Å²) in [6.45, 7) is 3.88. The Balaban J connectivity index is 0.000000366. The van der Waals surface area contributed by atoms with Crippen LogP contribution in [0.5, 0.6) is 11.5 Å². The fourth-order valence-corrected chi connectivity index (χ4v) is 2.29. The number of phenolic OH excluding ortho intramolecular Hbond substituents is 2.